The molecule has 0 amide bonds. The number of hydrogen-bond donors (Lipinski definition) is 0. The van der Waals surface area contributed by atoms with Crippen molar-refractivity contribution < 1.29 is 21.9 Å². The van der Waals surface area contributed by atoms with Gasteiger partial charge < -0.3 is 4.74 Å². The van der Waals surface area contributed by atoms with E-state index in [1.54, 1.807) is 6.92 Å². The first kappa shape index (κ1) is 12.3. The molecule has 94 valence electrons. The van der Waals surface area contributed by atoms with Crippen molar-refractivity contribution in [2.45, 2.75) is 19.4 Å². The van der Waals surface area contributed by atoms with E-state index >= 15 is 0 Å². The van der Waals surface area contributed by atoms with E-state index in [2.05, 4.69) is 0 Å². The SMILES string of the molecule is Cc1cc(F)c(F)cc1OC1CCS(=O)(=O)C1. The second kappa shape index (κ2) is 4.25. The zero-order chi connectivity index (χ0) is 12.6. The normalized spacial score (nSPS) is 22.6. The van der Waals surface area contributed by atoms with E-state index in [0.29, 0.717) is 12.0 Å². The minimum Gasteiger partial charge on any atom is -0.489 e. The summed E-state index contributed by atoms with van der Waals surface area (Å²) < 4.78 is 53.7. The number of hydrogen-bond acceptors (Lipinski definition) is 3. The van der Waals surface area contributed by atoms with Crippen LogP contribution >= 0.6 is 0 Å². The highest BCUT2D eigenvalue weighted by Gasteiger charge is 2.29. The molecule has 0 spiro atoms. The van der Waals surface area contributed by atoms with Crippen molar-refractivity contribution in [3.63, 3.8) is 0 Å². The van der Waals surface area contributed by atoms with Gasteiger partial charge in [-0.25, -0.2) is 17.2 Å². The van der Waals surface area contributed by atoms with Crippen LogP contribution in [0.2, 0.25) is 0 Å². The molecule has 1 atom stereocenters. The second-order valence-electron chi connectivity index (χ2n) is 4.17. The van der Waals surface area contributed by atoms with Gasteiger partial charge in [-0.1, -0.05) is 0 Å². The average molecular weight is 262 g/mol. The molecule has 1 heterocycles. The summed E-state index contributed by atoms with van der Waals surface area (Å²) in [5, 5.41) is 0. The van der Waals surface area contributed by atoms with Gasteiger partial charge >= 0.3 is 0 Å². The summed E-state index contributed by atoms with van der Waals surface area (Å²) in [6, 6.07) is 1.99. The molecule has 1 saturated heterocycles. The minimum atomic E-state index is -3.04. The van der Waals surface area contributed by atoms with Crippen molar-refractivity contribution >= 4 is 9.84 Å². The molecule has 0 aromatic heterocycles. The lowest BCUT2D eigenvalue weighted by atomic mass is 10.2. The highest BCUT2D eigenvalue weighted by atomic mass is 32.2. The van der Waals surface area contributed by atoms with Crippen LogP contribution in [0.25, 0.3) is 0 Å². The van der Waals surface area contributed by atoms with Crippen LogP contribution in [0, 0.1) is 18.6 Å². The van der Waals surface area contributed by atoms with Crippen LogP contribution < -0.4 is 4.74 Å². The lowest BCUT2D eigenvalue weighted by Crippen LogP contribution is -2.18. The molecule has 1 aromatic rings. The maximum Gasteiger partial charge on any atom is 0.162 e. The third-order valence-electron chi connectivity index (χ3n) is 2.70. The van der Waals surface area contributed by atoms with E-state index in [0.717, 1.165) is 12.1 Å². The van der Waals surface area contributed by atoms with E-state index < -0.39 is 27.6 Å². The molecule has 1 aliphatic rings. The fraction of sp³-hybridized carbons (Fsp3) is 0.455. The van der Waals surface area contributed by atoms with Crippen LogP contribution in [0.1, 0.15) is 12.0 Å². The molecule has 1 aromatic carbocycles. The van der Waals surface area contributed by atoms with Crippen molar-refractivity contribution in [2.75, 3.05) is 11.5 Å². The molecular weight excluding hydrogens is 250 g/mol. The van der Waals surface area contributed by atoms with Gasteiger partial charge in [0.15, 0.2) is 21.5 Å². The summed E-state index contributed by atoms with van der Waals surface area (Å²) in [4.78, 5) is 0. The predicted octanol–water partition coefficient (Wildman–Crippen LogP) is 1.84. The van der Waals surface area contributed by atoms with E-state index in [-0.39, 0.29) is 17.3 Å². The van der Waals surface area contributed by atoms with Crippen molar-refractivity contribution in [3.8, 4) is 5.75 Å². The van der Waals surface area contributed by atoms with Gasteiger partial charge in [-0.15, -0.1) is 0 Å². The van der Waals surface area contributed by atoms with Crippen LogP contribution in [0.5, 0.6) is 5.75 Å². The van der Waals surface area contributed by atoms with E-state index in [9.17, 15) is 17.2 Å². The smallest absolute Gasteiger partial charge is 0.162 e. The van der Waals surface area contributed by atoms with Crippen molar-refractivity contribution in [1.29, 1.82) is 0 Å². The van der Waals surface area contributed by atoms with Crippen LogP contribution in [0.15, 0.2) is 12.1 Å². The van der Waals surface area contributed by atoms with Gasteiger partial charge in [-0.3, -0.25) is 0 Å². The monoisotopic (exact) mass is 262 g/mol. The zero-order valence-electron chi connectivity index (χ0n) is 9.24. The first-order valence-corrected chi connectivity index (χ1v) is 7.02. The Morgan fingerprint density at radius 1 is 1.29 bits per heavy atom. The summed E-state index contributed by atoms with van der Waals surface area (Å²) in [7, 11) is -3.04. The summed E-state index contributed by atoms with van der Waals surface area (Å²) in [6.45, 7) is 1.58. The molecule has 0 bridgehead atoms. The quantitative estimate of drug-likeness (QED) is 0.816. The highest BCUT2D eigenvalue weighted by Crippen LogP contribution is 2.25. The second-order valence-corrected chi connectivity index (χ2v) is 6.40. The van der Waals surface area contributed by atoms with Gasteiger partial charge in [-0.2, -0.15) is 0 Å². The fourth-order valence-corrected chi connectivity index (χ4v) is 3.38. The predicted molar refractivity (Wildman–Crippen MR) is 58.8 cm³/mol. The lowest BCUT2D eigenvalue weighted by Gasteiger charge is -2.14. The van der Waals surface area contributed by atoms with Gasteiger partial charge in [0.25, 0.3) is 0 Å². The molecular formula is C11H12F2O3S. The van der Waals surface area contributed by atoms with Crippen molar-refractivity contribution in [2.24, 2.45) is 0 Å². The van der Waals surface area contributed by atoms with E-state index in [1.165, 1.54) is 0 Å². The van der Waals surface area contributed by atoms with E-state index in [4.69, 9.17) is 4.74 Å². The summed E-state index contributed by atoms with van der Waals surface area (Å²) >= 11 is 0. The van der Waals surface area contributed by atoms with Gasteiger partial charge in [0.2, 0.25) is 0 Å². The Morgan fingerprint density at radius 2 is 1.94 bits per heavy atom. The Morgan fingerprint density at radius 3 is 2.53 bits per heavy atom. The largest absolute Gasteiger partial charge is 0.489 e. The Hall–Kier alpha value is -1.17. The maximum absolute atomic E-state index is 13.0. The number of rotatable bonds is 2. The fourth-order valence-electron chi connectivity index (χ4n) is 1.79. The Balaban J connectivity index is 2.17. The number of ether oxygens (including phenoxy) is 1. The lowest BCUT2D eigenvalue weighted by molar-refractivity contribution is 0.226. The number of benzene rings is 1. The molecule has 17 heavy (non-hydrogen) atoms. The Bertz CT molecular complexity index is 540. The average Bonchev–Trinajstić information content (AvgIpc) is 2.54. The minimum absolute atomic E-state index is 0.0641. The number of aryl methyl sites for hydroxylation is 1. The Kier molecular flexibility index (Phi) is 3.07. The molecule has 0 aliphatic carbocycles. The number of sulfone groups is 1. The third-order valence-corrected chi connectivity index (χ3v) is 4.44. The van der Waals surface area contributed by atoms with Crippen LogP contribution in [-0.2, 0) is 9.84 Å². The van der Waals surface area contributed by atoms with Gasteiger partial charge in [0.05, 0.1) is 11.5 Å². The van der Waals surface area contributed by atoms with E-state index in [1.807, 2.05) is 0 Å². The molecule has 1 aliphatic heterocycles. The van der Waals surface area contributed by atoms with Crippen LogP contribution in [0.3, 0.4) is 0 Å². The van der Waals surface area contributed by atoms with Crippen LogP contribution in [-0.4, -0.2) is 26.0 Å². The molecule has 1 unspecified atom stereocenters. The molecule has 6 heteroatoms. The van der Waals surface area contributed by atoms with Gasteiger partial charge in [0.1, 0.15) is 11.9 Å². The van der Waals surface area contributed by atoms with Crippen LogP contribution in [0.4, 0.5) is 8.78 Å². The maximum atomic E-state index is 13.0. The van der Waals surface area contributed by atoms with Gasteiger partial charge in [-0.05, 0) is 25.0 Å². The van der Waals surface area contributed by atoms with Crippen molar-refractivity contribution in [3.05, 3.63) is 29.3 Å². The number of halogens is 2. The zero-order valence-corrected chi connectivity index (χ0v) is 10.1. The molecule has 3 nitrogen and oxygen atoms in total. The summed E-state index contributed by atoms with van der Waals surface area (Å²) in [5.74, 6) is -1.71. The molecule has 1 fully saturated rings. The Labute approximate surface area is 98.3 Å². The topological polar surface area (TPSA) is 43.4 Å². The van der Waals surface area contributed by atoms with Crippen molar-refractivity contribution in [1.82, 2.24) is 0 Å². The molecule has 0 N–H and O–H groups in total. The molecule has 2 rings (SSSR count). The first-order valence-electron chi connectivity index (χ1n) is 5.20. The summed E-state index contributed by atoms with van der Waals surface area (Å²) in [5.41, 5.74) is 0.452. The molecule has 0 radical (unpaired) electrons. The standard InChI is InChI=1S/C11H12F2O3S/c1-7-4-9(12)10(13)5-11(7)16-8-2-3-17(14,15)6-8/h4-5,8H,2-3,6H2,1H3. The third kappa shape index (κ3) is 2.74. The van der Waals surface area contributed by atoms with Gasteiger partial charge in [0, 0.05) is 6.07 Å². The summed E-state index contributed by atoms with van der Waals surface area (Å²) in [6.07, 6.45) is -0.0793. The first-order chi connectivity index (χ1) is 7.87. The molecule has 0 saturated carbocycles. The highest BCUT2D eigenvalue weighted by molar-refractivity contribution is 7.91.